The van der Waals surface area contributed by atoms with Gasteiger partial charge in [0.15, 0.2) is 11.6 Å². The Bertz CT molecular complexity index is 4970. The van der Waals surface area contributed by atoms with E-state index in [0.29, 0.717) is 39.4 Å². The molecule has 24 N–H and O–H groups in total. The van der Waals surface area contributed by atoms with Crippen molar-refractivity contribution >= 4 is 175 Å². The van der Waals surface area contributed by atoms with Crippen LogP contribution in [0, 0.1) is 11.8 Å². The first-order valence-corrected chi connectivity index (χ1v) is 48.3. The molecule has 14 atom stereocenters. The minimum absolute atomic E-state index is 0.0352. The van der Waals surface area contributed by atoms with Crippen LogP contribution in [-0.2, 0) is 109 Å². The summed E-state index contributed by atoms with van der Waals surface area (Å²) in [4.78, 5) is 294. The molecule has 3 aliphatic heterocycles. The second kappa shape index (κ2) is 53.0. The van der Waals surface area contributed by atoms with Crippen LogP contribution in [0.2, 0.25) is 0 Å². The minimum atomic E-state index is -2.04. The number of fused-ring (bicyclic) bond motifs is 11. The maximum Gasteiger partial charge on any atom is 0.305 e. The number of carboxylic acid groups (broad SMARTS) is 2. The maximum absolute atomic E-state index is 15.4. The summed E-state index contributed by atoms with van der Waals surface area (Å²) < 4.78 is 0. The molecule has 136 heavy (non-hydrogen) atoms. The molecule has 3 saturated heterocycles. The molecule has 0 radical (unpaired) electrons. The molecule has 1 unspecified atom stereocenters. The largest absolute Gasteiger partial charge is 0.481 e. The van der Waals surface area contributed by atoms with E-state index in [0.717, 1.165) is 42.2 Å². The molecular formula is C88H130N22O23S3. The molecule has 2 aromatic carbocycles. The summed E-state index contributed by atoms with van der Waals surface area (Å²) in [6.45, 7) is 13.7. The second-order valence-corrected chi connectivity index (χ2v) is 38.5. The number of benzene rings is 2. The number of carbonyl (C=O) groups is 20. The van der Waals surface area contributed by atoms with Crippen LogP contribution in [0.1, 0.15) is 119 Å². The number of amides is 16. The molecule has 0 aliphatic carbocycles. The third-order valence-electron chi connectivity index (χ3n) is 23.4. The Balaban J connectivity index is 1.27. The summed E-state index contributed by atoms with van der Waals surface area (Å²) in [6, 6.07) is -5.88. The molecule has 0 saturated carbocycles. The van der Waals surface area contributed by atoms with Crippen molar-refractivity contribution in [3.63, 3.8) is 0 Å². The molecule has 5 heterocycles. The first kappa shape index (κ1) is 111. The number of aromatic nitrogens is 2. The highest BCUT2D eigenvalue weighted by Gasteiger charge is 2.44. The molecule has 16 amide bonds. The number of ketones is 2. The highest BCUT2D eigenvalue weighted by atomic mass is 32.2. The number of para-hydroxylation sites is 2. The van der Waals surface area contributed by atoms with E-state index < -0.39 is 263 Å². The van der Waals surface area contributed by atoms with Crippen molar-refractivity contribution in [2.75, 3.05) is 107 Å². The predicted molar refractivity (Wildman–Crippen MR) is 505 cm³/mol. The lowest BCUT2D eigenvalue weighted by atomic mass is 9.92. The molecule has 0 spiro atoms. The fourth-order valence-corrected chi connectivity index (χ4v) is 17.8. The summed E-state index contributed by atoms with van der Waals surface area (Å²) in [7, 11) is 1.57. The van der Waals surface area contributed by atoms with E-state index in [1.807, 2.05) is 0 Å². The number of Topliss-reactive ketones (excluding diaryl/α,β-unsaturated/α-hetero) is 2. The minimum Gasteiger partial charge on any atom is -0.481 e. The highest BCUT2D eigenvalue weighted by Crippen LogP contribution is 2.26. The number of H-pyrrole nitrogens is 2. The van der Waals surface area contributed by atoms with Crippen LogP contribution in [0.5, 0.6) is 0 Å². The zero-order chi connectivity index (χ0) is 101. The lowest BCUT2D eigenvalue weighted by molar-refractivity contribution is -0.143. The van der Waals surface area contributed by atoms with Crippen LogP contribution >= 0.6 is 35.3 Å². The van der Waals surface area contributed by atoms with Gasteiger partial charge in [-0.05, 0) is 109 Å². The van der Waals surface area contributed by atoms with Gasteiger partial charge < -0.3 is 116 Å². The summed E-state index contributed by atoms with van der Waals surface area (Å²) in [5, 5.41) is 71.8. The van der Waals surface area contributed by atoms with Crippen molar-refractivity contribution in [2.45, 2.75) is 210 Å². The van der Waals surface area contributed by atoms with E-state index in [4.69, 9.17) is 11.5 Å². The number of hydrogen-bond acceptors (Lipinski definition) is 28. The molecule has 3 fully saturated rings. The van der Waals surface area contributed by atoms with Crippen molar-refractivity contribution < 1.29 is 111 Å². The Hall–Kier alpha value is -11.8. The van der Waals surface area contributed by atoms with Gasteiger partial charge in [0.25, 0.3) is 0 Å². The normalized spacial score (nSPS) is 24.2. The number of nitrogens with one attached hydrogen (secondary N) is 17. The second-order valence-electron chi connectivity index (χ2n) is 35.4. The molecule has 2 aromatic heterocycles. The Morgan fingerprint density at radius 2 is 1.03 bits per heavy atom. The van der Waals surface area contributed by atoms with E-state index in [-0.39, 0.29) is 101 Å². The quantitative estimate of drug-likeness (QED) is 0.0312. The number of aliphatic hydroxyl groups excluding tert-OH is 1. The molecule has 7 rings (SSSR count). The molecule has 4 aromatic rings. The predicted octanol–water partition coefficient (Wildman–Crippen LogP) is -5.26. The van der Waals surface area contributed by atoms with Crippen LogP contribution < -0.4 is 91.2 Å². The maximum atomic E-state index is 15.4. The zero-order valence-electron chi connectivity index (χ0n) is 78.1. The number of aromatic amines is 2. The number of rotatable bonds is 24. The molecule has 748 valence electrons. The van der Waals surface area contributed by atoms with Gasteiger partial charge in [-0.25, -0.2) is 0 Å². The molecule has 3 aliphatic rings. The molecular weight excluding hydrogens is 1830 g/mol. The van der Waals surface area contributed by atoms with Gasteiger partial charge in [0.05, 0.1) is 60.0 Å². The fourth-order valence-electron chi connectivity index (χ4n) is 15.1. The number of primary amides is 1. The average molecular weight is 1960 g/mol. The lowest BCUT2D eigenvalue weighted by Crippen LogP contribution is -2.63. The number of hydrogen-bond donors (Lipinski definition) is 22. The van der Waals surface area contributed by atoms with Gasteiger partial charge >= 0.3 is 11.9 Å². The number of nitrogens with zero attached hydrogens (tertiary/aromatic N) is 3. The van der Waals surface area contributed by atoms with Crippen molar-refractivity contribution in [2.24, 2.45) is 23.3 Å². The number of thioether (sulfide) groups is 3. The summed E-state index contributed by atoms with van der Waals surface area (Å²) in [5.74, 6) is -23.1. The number of aliphatic hydroxyl groups is 1. The summed E-state index contributed by atoms with van der Waals surface area (Å²) in [5.41, 5.74) is 11.0. The first-order valence-electron chi connectivity index (χ1n) is 44.8. The smallest absolute Gasteiger partial charge is 0.305 e. The van der Waals surface area contributed by atoms with E-state index in [1.165, 1.54) is 50.6 Å². The van der Waals surface area contributed by atoms with E-state index >= 15 is 14.4 Å². The fraction of sp³-hybridized carbons (Fsp3) is 0.591. The Kier molecular flexibility index (Phi) is 43.4. The third-order valence-corrected chi connectivity index (χ3v) is 26.5. The van der Waals surface area contributed by atoms with Gasteiger partial charge in [-0.2, -0.15) is 0 Å². The number of carbonyl (C=O) groups excluding carboxylic acids is 18. The van der Waals surface area contributed by atoms with Gasteiger partial charge in [-0.15, -0.1) is 35.3 Å². The van der Waals surface area contributed by atoms with Gasteiger partial charge in [0, 0.05) is 123 Å². The lowest BCUT2D eigenvalue weighted by Gasteiger charge is -2.36. The van der Waals surface area contributed by atoms with Gasteiger partial charge in [0.2, 0.25) is 94.5 Å². The SMILES string of the molecule is CC(C)[C@@H]1NC(=O)[C@H](Cc2c[nH]c3ccccc23)NC(=O)[C@@H]2CSCC(=O)NCCN(CCNC(=O)CSC[C@@H](C(N)=O)NC(=O)[C@@H]3CCCN3C(=O)[C@H](C(C)C)NC(=O)[C@H](Cc3c[nH]c4ccccc34)NC(=O)CNC(=O)[C@H](CC(=O)O)NC1=O)CCNC(=O)CSC[C@H](NC(=O)[C@H](C)NC(C)(C)C(=O)CN(C)C(C)(C)C(=O)CCN)C(=O)N[C@@H]([C@@H](C)O)C(=O)N[C@@H](CCC(=O)O)C(=O)N2. The van der Waals surface area contributed by atoms with E-state index in [1.54, 1.807) is 94.4 Å². The van der Waals surface area contributed by atoms with Crippen LogP contribution in [0.25, 0.3) is 21.8 Å². The molecule has 2 bridgehead atoms. The zero-order valence-corrected chi connectivity index (χ0v) is 80.6. The number of likely N-dealkylation sites (N-methyl/N-ethyl adjacent to an activating group) is 1. The summed E-state index contributed by atoms with van der Waals surface area (Å²) in [6.07, 6.45) is -1.58. The number of nitrogens with two attached hydrogens (primary N) is 2. The Morgan fingerprint density at radius 3 is 1.56 bits per heavy atom. The van der Waals surface area contributed by atoms with Crippen LogP contribution in [0.4, 0.5) is 0 Å². The van der Waals surface area contributed by atoms with Crippen LogP contribution in [0.3, 0.4) is 0 Å². The van der Waals surface area contributed by atoms with Crippen molar-refractivity contribution in [1.29, 1.82) is 0 Å². The van der Waals surface area contributed by atoms with Crippen molar-refractivity contribution in [1.82, 2.24) is 104 Å². The van der Waals surface area contributed by atoms with Gasteiger partial charge in [-0.1, -0.05) is 64.1 Å². The van der Waals surface area contributed by atoms with E-state index in [2.05, 4.69) is 89.7 Å². The van der Waals surface area contributed by atoms with E-state index in [9.17, 15) is 96.8 Å². The highest BCUT2D eigenvalue weighted by molar-refractivity contribution is 8.00. The monoisotopic (exact) mass is 1960 g/mol. The van der Waals surface area contributed by atoms with Gasteiger partial charge in [0.1, 0.15) is 66.5 Å². The molecule has 45 nitrogen and oxygen atoms in total. The van der Waals surface area contributed by atoms with Gasteiger partial charge in [-0.3, -0.25) is 111 Å². The number of aliphatic carboxylic acids is 2. The standard InChI is InChI=1S/C88H130N22O23S3/c1-46(2)72-84(131)100-59(35-71(120)121)77(124)96-38-66(114)97-57(33-50-36-94-54-19-14-12-17-52(50)54)79(126)105-73(47(3)4)86(133)110-29-16-21-63(110)83(130)101-60(75(90)122)40-134-43-67(115)91-26-30-109-31-27-92-68(116)44-135-41-61(81(128)99-58(80(127)104-72)34-51-37-95-55-20-15-13-18-53(51)55)103-78(125)56(22-23-70(118)119)98-85(132)74(49(6)111)106-82(129)62(42-136-45-69(117)93-28-32-109)102-76(123)48(5)107-87(7,8)65(113)39-108(11)88(9,10)64(112)24-25-89/h12-15,17-20,36-37,46-49,56-63,72-74,94-95,107,111H,16,21-35,38-45,89H2,1-11H3,(H2,90,122)(H,91,115)(H,92,116)(H,93,117)(H,96,124)(H,97,114)(H,98,132)(H,99,128)(H,100,131)(H,101,130)(H,102,123)(H,103,125)(H,104,127)(H,105,126)(H,106,129)(H,118,119)(H,120,121)/t48-,49+,56-,57-,58-,59-,60-,61-,62-,63-,72-,73-,74-/m0/s1. The third kappa shape index (κ3) is 33.9. The topological polar surface area (TPSA) is 676 Å². The summed E-state index contributed by atoms with van der Waals surface area (Å²) >= 11 is 2.53. The van der Waals surface area contributed by atoms with Crippen LogP contribution in [0.15, 0.2) is 60.9 Å². The molecule has 48 heteroatoms. The van der Waals surface area contributed by atoms with Crippen molar-refractivity contribution in [3.8, 4) is 0 Å². The Labute approximate surface area is 799 Å². The average Bonchev–Trinajstić information content (AvgIpc) is 1.73. The number of carboxylic acids is 2. The van der Waals surface area contributed by atoms with Crippen LogP contribution in [-0.4, -0.2) is 355 Å². The van der Waals surface area contributed by atoms with Crippen molar-refractivity contribution in [3.05, 3.63) is 72.1 Å². The first-order chi connectivity index (χ1) is 64.2. The Morgan fingerprint density at radius 1 is 0.529 bits per heavy atom.